The summed E-state index contributed by atoms with van der Waals surface area (Å²) in [5.41, 5.74) is 0. The van der Waals surface area contributed by atoms with Crippen LogP contribution >= 0.6 is 0 Å². The highest BCUT2D eigenvalue weighted by atomic mass is 16.6. The van der Waals surface area contributed by atoms with Crippen LogP contribution in [0.2, 0.25) is 0 Å². The van der Waals surface area contributed by atoms with Crippen molar-refractivity contribution in [2.75, 3.05) is 6.61 Å². The predicted octanol–water partition coefficient (Wildman–Crippen LogP) is -0.319. The molecule has 1 aliphatic heterocycles. The number of para-hydroxylation sites is 1. The van der Waals surface area contributed by atoms with Gasteiger partial charge in [0.05, 0.1) is 12.6 Å². The van der Waals surface area contributed by atoms with Crippen molar-refractivity contribution < 1.29 is 19.7 Å². The smallest absolute Gasteiger partial charge is 0.144 e. The lowest BCUT2D eigenvalue weighted by atomic mass is 9.93. The molecule has 2 N–H and O–H groups in total. The fourth-order valence-electron chi connectivity index (χ4n) is 1.71. The molecule has 1 aliphatic rings. The molecule has 5 heteroatoms. The lowest BCUT2D eigenvalue weighted by molar-refractivity contribution is -0.00734. The molecule has 0 aromatic heterocycles. The molecule has 1 fully saturated rings. The summed E-state index contributed by atoms with van der Waals surface area (Å²) in [5.74, 6) is 0.615. The van der Waals surface area contributed by atoms with Gasteiger partial charge in [-0.3, -0.25) is 0 Å². The molecule has 1 heterocycles. The Balaban J connectivity index is 2.05. The lowest BCUT2D eigenvalue weighted by Gasteiger charge is -2.20. The summed E-state index contributed by atoms with van der Waals surface area (Å²) in [4.78, 5) is 0. The van der Waals surface area contributed by atoms with E-state index in [4.69, 9.17) is 22.4 Å². The topological polar surface area (TPSA) is 58.9 Å². The van der Waals surface area contributed by atoms with Gasteiger partial charge < -0.3 is 19.7 Å². The number of aliphatic hydroxyl groups excluding tert-OH is 2. The molecular formula is C11H13BO4. The third-order valence-corrected chi connectivity index (χ3v) is 2.57. The first-order valence-electron chi connectivity index (χ1n) is 5.14. The van der Waals surface area contributed by atoms with Crippen LogP contribution in [-0.2, 0) is 4.74 Å². The second-order valence-corrected chi connectivity index (χ2v) is 3.71. The van der Waals surface area contributed by atoms with Crippen LogP contribution in [0.1, 0.15) is 0 Å². The van der Waals surface area contributed by atoms with E-state index in [2.05, 4.69) is 0 Å². The Hall–Kier alpha value is -1.04. The van der Waals surface area contributed by atoms with E-state index in [1.165, 1.54) is 0 Å². The van der Waals surface area contributed by atoms with Gasteiger partial charge in [0, 0.05) is 0 Å². The summed E-state index contributed by atoms with van der Waals surface area (Å²) in [7, 11) is 5.66. The summed E-state index contributed by atoms with van der Waals surface area (Å²) in [6.07, 6.45) is -2.25. The number of benzene rings is 1. The van der Waals surface area contributed by atoms with Gasteiger partial charge in [0.2, 0.25) is 0 Å². The van der Waals surface area contributed by atoms with E-state index < -0.39 is 24.3 Å². The molecule has 4 atom stereocenters. The first-order chi connectivity index (χ1) is 7.72. The van der Waals surface area contributed by atoms with Crippen LogP contribution in [0.25, 0.3) is 0 Å². The highest BCUT2D eigenvalue weighted by Gasteiger charge is 2.42. The summed E-state index contributed by atoms with van der Waals surface area (Å²) >= 11 is 0. The molecule has 1 aromatic rings. The molecule has 2 rings (SSSR count). The van der Waals surface area contributed by atoms with Crippen molar-refractivity contribution in [2.45, 2.75) is 24.3 Å². The summed E-state index contributed by atoms with van der Waals surface area (Å²) < 4.78 is 10.7. The maximum atomic E-state index is 9.79. The van der Waals surface area contributed by atoms with Crippen LogP contribution < -0.4 is 4.74 Å². The zero-order valence-electron chi connectivity index (χ0n) is 8.69. The standard InChI is InChI=1S/C11H13BO4/c12-11-10(9(14)8(6-13)16-11)15-7-4-2-1-3-5-7/h1-5,8-11,13-14H,6H2/t8-,9-,10-,11-/m1/s1. The number of aliphatic hydroxyl groups is 2. The quantitative estimate of drug-likeness (QED) is 0.685. The number of hydrogen-bond donors (Lipinski definition) is 2. The molecule has 0 saturated carbocycles. The monoisotopic (exact) mass is 220 g/mol. The Morgan fingerprint density at radius 1 is 1.31 bits per heavy atom. The second kappa shape index (κ2) is 4.87. The normalized spacial score (nSPS) is 33.9. The molecule has 1 aromatic carbocycles. The Labute approximate surface area is 95.2 Å². The van der Waals surface area contributed by atoms with E-state index in [1.807, 2.05) is 18.2 Å². The van der Waals surface area contributed by atoms with Gasteiger partial charge in [-0.25, -0.2) is 0 Å². The van der Waals surface area contributed by atoms with Gasteiger partial charge in [-0.15, -0.1) is 0 Å². The molecule has 0 bridgehead atoms. The van der Waals surface area contributed by atoms with Crippen LogP contribution in [0.4, 0.5) is 0 Å². The first-order valence-corrected chi connectivity index (χ1v) is 5.14. The summed E-state index contributed by atoms with van der Waals surface area (Å²) in [6, 6.07) is 8.33. The van der Waals surface area contributed by atoms with Gasteiger partial charge >= 0.3 is 0 Å². The maximum Gasteiger partial charge on any atom is 0.144 e. The minimum absolute atomic E-state index is 0.274. The number of rotatable bonds is 3. The molecule has 0 aliphatic carbocycles. The third-order valence-electron chi connectivity index (χ3n) is 2.57. The predicted molar refractivity (Wildman–Crippen MR) is 58.4 cm³/mol. The van der Waals surface area contributed by atoms with E-state index in [0.717, 1.165) is 0 Å². The van der Waals surface area contributed by atoms with Crippen molar-refractivity contribution in [2.24, 2.45) is 0 Å². The van der Waals surface area contributed by atoms with Crippen LogP contribution in [0.15, 0.2) is 30.3 Å². The van der Waals surface area contributed by atoms with Crippen molar-refractivity contribution in [3.05, 3.63) is 30.3 Å². The van der Waals surface area contributed by atoms with Crippen molar-refractivity contribution >= 4 is 7.85 Å². The first kappa shape index (κ1) is 11.5. The van der Waals surface area contributed by atoms with Crippen molar-refractivity contribution in [3.8, 4) is 5.75 Å². The van der Waals surface area contributed by atoms with Gasteiger partial charge in [0.15, 0.2) is 0 Å². The average molecular weight is 220 g/mol. The molecule has 0 amide bonds. The van der Waals surface area contributed by atoms with E-state index in [0.29, 0.717) is 5.75 Å². The van der Waals surface area contributed by atoms with Gasteiger partial charge in [-0.2, -0.15) is 0 Å². The molecule has 2 radical (unpaired) electrons. The van der Waals surface area contributed by atoms with Crippen LogP contribution in [-0.4, -0.2) is 49.0 Å². The largest absolute Gasteiger partial charge is 0.486 e. The average Bonchev–Trinajstić information content (AvgIpc) is 2.58. The van der Waals surface area contributed by atoms with E-state index >= 15 is 0 Å². The number of ether oxygens (including phenoxy) is 2. The molecule has 0 unspecified atom stereocenters. The van der Waals surface area contributed by atoms with E-state index in [1.54, 1.807) is 12.1 Å². The molecule has 1 saturated heterocycles. The van der Waals surface area contributed by atoms with Crippen LogP contribution in [0.3, 0.4) is 0 Å². The molecule has 16 heavy (non-hydrogen) atoms. The van der Waals surface area contributed by atoms with Crippen LogP contribution in [0, 0.1) is 0 Å². The Morgan fingerprint density at radius 3 is 2.56 bits per heavy atom. The zero-order valence-corrected chi connectivity index (χ0v) is 8.69. The minimum Gasteiger partial charge on any atom is -0.486 e. The second-order valence-electron chi connectivity index (χ2n) is 3.71. The summed E-state index contributed by atoms with van der Waals surface area (Å²) in [6.45, 7) is -0.274. The molecule has 4 nitrogen and oxygen atoms in total. The van der Waals surface area contributed by atoms with E-state index in [9.17, 15) is 5.11 Å². The maximum absolute atomic E-state index is 9.79. The van der Waals surface area contributed by atoms with E-state index in [-0.39, 0.29) is 6.61 Å². The van der Waals surface area contributed by atoms with Crippen molar-refractivity contribution in [1.82, 2.24) is 0 Å². The highest BCUT2D eigenvalue weighted by molar-refractivity contribution is 6.11. The van der Waals surface area contributed by atoms with Gasteiger partial charge in [-0.1, -0.05) is 18.2 Å². The fraction of sp³-hybridized carbons (Fsp3) is 0.455. The van der Waals surface area contributed by atoms with Gasteiger partial charge in [-0.05, 0) is 12.1 Å². The Kier molecular flexibility index (Phi) is 3.48. The highest BCUT2D eigenvalue weighted by Crippen LogP contribution is 2.24. The minimum atomic E-state index is -0.916. The zero-order chi connectivity index (χ0) is 11.5. The Bertz CT molecular complexity index is 332. The van der Waals surface area contributed by atoms with Crippen molar-refractivity contribution in [1.29, 1.82) is 0 Å². The molecular weight excluding hydrogens is 207 g/mol. The SMILES string of the molecule is [B][C@@H]1O[C@H](CO)[C@@H](O)[C@H]1Oc1ccccc1. The van der Waals surface area contributed by atoms with Crippen molar-refractivity contribution in [3.63, 3.8) is 0 Å². The fourth-order valence-corrected chi connectivity index (χ4v) is 1.71. The van der Waals surface area contributed by atoms with Gasteiger partial charge in [0.1, 0.15) is 31.9 Å². The molecule has 84 valence electrons. The molecule has 0 spiro atoms. The van der Waals surface area contributed by atoms with Gasteiger partial charge in [0.25, 0.3) is 0 Å². The van der Waals surface area contributed by atoms with Crippen LogP contribution in [0.5, 0.6) is 5.75 Å². The number of hydrogen-bond acceptors (Lipinski definition) is 4. The third kappa shape index (κ3) is 2.21. The Morgan fingerprint density at radius 2 is 2.00 bits per heavy atom. The lowest BCUT2D eigenvalue weighted by Crippen LogP contribution is -2.38. The summed E-state index contributed by atoms with van der Waals surface area (Å²) in [5, 5.41) is 18.7.